The minimum absolute atomic E-state index is 0.0899. The van der Waals surface area contributed by atoms with Crippen molar-refractivity contribution in [2.24, 2.45) is 0 Å². The second kappa shape index (κ2) is 7.82. The number of amides is 1. The van der Waals surface area contributed by atoms with E-state index in [9.17, 15) is 4.79 Å². The van der Waals surface area contributed by atoms with Gasteiger partial charge in [0, 0.05) is 18.2 Å². The molecule has 0 bridgehead atoms. The quantitative estimate of drug-likeness (QED) is 0.614. The third kappa shape index (κ3) is 4.01. The molecule has 138 valence electrons. The molecule has 3 aromatic rings. The van der Waals surface area contributed by atoms with Gasteiger partial charge < -0.3 is 15.0 Å². The summed E-state index contributed by atoms with van der Waals surface area (Å²) in [5.41, 5.74) is 1.74. The summed E-state index contributed by atoms with van der Waals surface area (Å²) < 4.78 is 7.29. The van der Waals surface area contributed by atoms with Gasteiger partial charge in [-0.25, -0.2) is 9.67 Å². The van der Waals surface area contributed by atoms with Crippen molar-refractivity contribution in [2.75, 3.05) is 11.9 Å². The van der Waals surface area contributed by atoms with Gasteiger partial charge in [0.05, 0.1) is 29.1 Å². The zero-order valence-corrected chi connectivity index (χ0v) is 16.1. The number of rotatable bonds is 7. The third-order valence-electron chi connectivity index (χ3n) is 3.81. The lowest BCUT2D eigenvalue weighted by atomic mass is 10.3. The number of imidazole rings is 1. The fourth-order valence-electron chi connectivity index (χ4n) is 2.55. The summed E-state index contributed by atoms with van der Waals surface area (Å²) in [5, 5.41) is 7.55. The van der Waals surface area contributed by atoms with Crippen LogP contribution >= 0.6 is 11.8 Å². The summed E-state index contributed by atoms with van der Waals surface area (Å²) in [6.07, 6.45) is 1.68. The molecule has 0 saturated carbocycles. The monoisotopic (exact) mass is 373 g/mol. The van der Waals surface area contributed by atoms with E-state index >= 15 is 0 Å². The molecule has 0 aliphatic carbocycles. The Bertz CT molecular complexity index is 902. The van der Waals surface area contributed by atoms with Crippen molar-refractivity contribution in [1.29, 1.82) is 0 Å². The van der Waals surface area contributed by atoms with Crippen molar-refractivity contribution < 1.29 is 9.53 Å². The predicted octanol–water partition coefficient (Wildman–Crippen LogP) is 3.86. The van der Waals surface area contributed by atoms with Gasteiger partial charge in [-0.1, -0.05) is 11.8 Å². The Hall–Kier alpha value is -2.48. The Labute approximate surface area is 156 Å². The molecular weight excluding hydrogens is 350 g/mol. The Kier molecular flexibility index (Phi) is 5.51. The van der Waals surface area contributed by atoms with Crippen LogP contribution in [-0.4, -0.2) is 37.5 Å². The molecule has 0 fully saturated rings. The highest BCUT2D eigenvalue weighted by Crippen LogP contribution is 2.26. The molecular formula is C18H23N5O2S. The number of hydrogen-bond donors (Lipinski definition) is 2. The lowest BCUT2D eigenvalue weighted by Gasteiger charge is -2.14. The zero-order chi connectivity index (χ0) is 18.7. The molecule has 0 radical (unpaired) electrons. The van der Waals surface area contributed by atoms with Crippen molar-refractivity contribution in [3.05, 3.63) is 30.5 Å². The molecule has 1 atom stereocenters. The van der Waals surface area contributed by atoms with Crippen LogP contribution in [0.25, 0.3) is 11.0 Å². The zero-order valence-electron chi connectivity index (χ0n) is 15.3. The van der Waals surface area contributed by atoms with Crippen molar-refractivity contribution in [3.63, 3.8) is 0 Å². The maximum atomic E-state index is 12.5. The molecule has 0 unspecified atom stereocenters. The summed E-state index contributed by atoms with van der Waals surface area (Å²) in [4.78, 5) is 20.3. The number of benzene rings is 1. The van der Waals surface area contributed by atoms with Crippen LogP contribution in [0.15, 0.2) is 35.6 Å². The fraction of sp³-hybridized carbons (Fsp3) is 0.389. The van der Waals surface area contributed by atoms with E-state index < -0.39 is 0 Å². The van der Waals surface area contributed by atoms with E-state index in [-0.39, 0.29) is 17.2 Å². The Morgan fingerprint density at radius 3 is 2.88 bits per heavy atom. The molecule has 2 N–H and O–H groups in total. The highest BCUT2D eigenvalue weighted by molar-refractivity contribution is 8.00. The van der Waals surface area contributed by atoms with Crippen LogP contribution in [0.3, 0.4) is 0 Å². The number of ether oxygens (including phenoxy) is 1. The third-order valence-corrected chi connectivity index (χ3v) is 4.80. The van der Waals surface area contributed by atoms with Crippen molar-refractivity contribution in [2.45, 2.75) is 44.1 Å². The summed E-state index contributed by atoms with van der Waals surface area (Å²) in [6.45, 7) is 8.46. The van der Waals surface area contributed by atoms with Gasteiger partial charge in [0.1, 0.15) is 11.6 Å². The number of nitrogens with one attached hydrogen (secondary N) is 2. The van der Waals surface area contributed by atoms with Gasteiger partial charge in [-0.2, -0.15) is 5.10 Å². The minimum atomic E-state index is -0.308. The van der Waals surface area contributed by atoms with Crippen LogP contribution in [0.5, 0.6) is 5.75 Å². The number of H-pyrrole nitrogens is 1. The van der Waals surface area contributed by atoms with Gasteiger partial charge >= 0.3 is 0 Å². The number of aromatic amines is 1. The molecule has 3 rings (SSSR count). The fourth-order valence-corrected chi connectivity index (χ4v) is 3.37. The van der Waals surface area contributed by atoms with Crippen molar-refractivity contribution in [1.82, 2.24) is 19.7 Å². The van der Waals surface area contributed by atoms with Crippen LogP contribution in [-0.2, 0) is 4.79 Å². The largest absolute Gasteiger partial charge is 0.494 e. The number of anilines is 1. The number of fused-ring (bicyclic) bond motifs is 1. The normalized spacial score (nSPS) is 12.5. The molecule has 0 spiro atoms. The molecule has 1 aromatic carbocycles. The van der Waals surface area contributed by atoms with Crippen LogP contribution in [0, 0.1) is 0 Å². The van der Waals surface area contributed by atoms with Crippen LogP contribution in [0.4, 0.5) is 5.82 Å². The molecule has 0 aliphatic rings. The Balaban J connectivity index is 1.68. The number of thioether (sulfide) groups is 1. The number of hydrogen-bond acceptors (Lipinski definition) is 5. The molecule has 7 nitrogen and oxygen atoms in total. The van der Waals surface area contributed by atoms with Crippen LogP contribution in [0.2, 0.25) is 0 Å². The highest BCUT2D eigenvalue weighted by atomic mass is 32.2. The molecule has 2 heterocycles. The van der Waals surface area contributed by atoms with E-state index in [1.54, 1.807) is 16.9 Å². The molecule has 26 heavy (non-hydrogen) atoms. The number of carbonyl (C=O) groups excluding carboxylic acids is 1. The molecule has 1 amide bonds. The maximum absolute atomic E-state index is 12.5. The minimum Gasteiger partial charge on any atom is -0.494 e. The number of nitrogens with zero attached hydrogens (tertiary/aromatic N) is 3. The number of aromatic nitrogens is 4. The smallest absolute Gasteiger partial charge is 0.238 e. The van der Waals surface area contributed by atoms with Gasteiger partial charge in [0.2, 0.25) is 5.91 Å². The highest BCUT2D eigenvalue weighted by Gasteiger charge is 2.19. The number of carbonyl (C=O) groups is 1. The van der Waals surface area contributed by atoms with Crippen LogP contribution in [0.1, 0.15) is 33.7 Å². The Morgan fingerprint density at radius 2 is 2.15 bits per heavy atom. The van der Waals surface area contributed by atoms with E-state index in [1.807, 2.05) is 45.9 Å². The lowest BCUT2D eigenvalue weighted by molar-refractivity contribution is -0.115. The molecule has 2 aromatic heterocycles. The van der Waals surface area contributed by atoms with Gasteiger partial charge in [-0.15, -0.1) is 0 Å². The standard InChI is InChI=1S/C18H23N5O2S/c1-5-25-13-6-7-14-15(10-13)21-18(20-14)26-12(4)17(24)22-16-8-9-19-23(16)11(2)3/h6-12H,5H2,1-4H3,(H,20,21)(H,22,24)/t12-/m0/s1. The first-order valence-electron chi connectivity index (χ1n) is 8.61. The summed E-state index contributed by atoms with van der Waals surface area (Å²) in [6, 6.07) is 7.70. The summed E-state index contributed by atoms with van der Waals surface area (Å²) >= 11 is 1.38. The average molecular weight is 373 g/mol. The summed E-state index contributed by atoms with van der Waals surface area (Å²) in [5.74, 6) is 1.41. The van der Waals surface area contributed by atoms with Gasteiger partial charge in [-0.3, -0.25) is 4.79 Å². The second-order valence-electron chi connectivity index (χ2n) is 6.16. The van der Waals surface area contributed by atoms with E-state index in [1.165, 1.54) is 11.8 Å². The molecule has 8 heteroatoms. The first-order chi connectivity index (χ1) is 12.5. The Morgan fingerprint density at radius 1 is 1.35 bits per heavy atom. The topological polar surface area (TPSA) is 84.8 Å². The van der Waals surface area contributed by atoms with E-state index in [4.69, 9.17) is 4.74 Å². The lowest BCUT2D eigenvalue weighted by Crippen LogP contribution is -2.24. The molecule has 0 aliphatic heterocycles. The first-order valence-corrected chi connectivity index (χ1v) is 9.49. The maximum Gasteiger partial charge on any atom is 0.238 e. The van der Waals surface area contributed by atoms with Gasteiger partial charge in [0.15, 0.2) is 5.16 Å². The average Bonchev–Trinajstić information content (AvgIpc) is 3.20. The molecule has 0 saturated heterocycles. The van der Waals surface area contributed by atoms with Crippen molar-refractivity contribution >= 4 is 34.5 Å². The summed E-state index contributed by atoms with van der Waals surface area (Å²) in [7, 11) is 0. The van der Waals surface area contributed by atoms with Crippen LogP contribution < -0.4 is 10.1 Å². The second-order valence-corrected chi connectivity index (χ2v) is 7.49. The SMILES string of the molecule is CCOc1ccc2nc(S[C@@H](C)C(=O)Nc3ccnn3C(C)C)[nH]c2c1. The van der Waals surface area contributed by atoms with E-state index in [0.29, 0.717) is 17.6 Å². The van der Waals surface area contributed by atoms with Gasteiger partial charge in [-0.05, 0) is 39.8 Å². The first kappa shape index (κ1) is 18.3. The van der Waals surface area contributed by atoms with E-state index in [2.05, 4.69) is 20.4 Å². The van der Waals surface area contributed by atoms with Gasteiger partial charge in [0.25, 0.3) is 0 Å². The predicted molar refractivity (Wildman–Crippen MR) is 104 cm³/mol. The van der Waals surface area contributed by atoms with E-state index in [0.717, 1.165) is 16.8 Å². The van der Waals surface area contributed by atoms with Crippen molar-refractivity contribution in [3.8, 4) is 5.75 Å².